The number of hydrogen-bond acceptors (Lipinski definition) is 1. The maximum Gasteiger partial charge on any atom is 0.259 e. The quantitative estimate of drug-likeness (QED) is 0.723. The molecule has 0 aromatic heterocycles. The Labute approximate surface area is 120 Å². The lowest BCUT2D eigenvalue weighted by atomic mass is 10.1. The first-order valence-corrected chi connectivity index (χ1v) is 7.44. The van der Waals surface area contributed by atoms with Crippen LogP contribution in [0.5, 0.6) is 0 Å². The standard InChI is InChI=1S/C14H18BrF2NO/c1-3-4-8-18(9-7-15)14(19)12-11(16)6-5-10(2)13(12)17/h5-6H,3-4,7-9H2,1-2H3. The molecule has 0 aliphatic rings. The van der Waals surface area contributed by atoms with Crippen LogP contribution in [0.15, 0.2) is 12.1 Å². The molecule has 0 unspecified atom stereocenters. The van der Waals surface area contributed by atoms with Gasteiger partial charge >= 0.3 is 0 Å². The van der Waals surface area contributed by atoms with E-state index in [1.54, 1.807) is 0 Å². The highest BCUT2D eigenvalue weighted by molar-refractivity contribution is 9.09. The van der Waals surface area contributed by atoms with Crippen LogP contribution >= 0.6 is 15.9 Å². The van der Waals surface area contributed by atoms with Crippen molar-refractivity contribution in [2.45, 2.75) is 26.7 Å². The van der Waals surface area contributed by atoms with Gasteiger partial charge in [0.05, 0.1) is 0 Å². The van der Waals surface area contributed by atoms with Crippen LogP contribution in [0, 0.1) is 18.6 Å². The molecule has 0 spiro atoms. The summed E-state index contributed by atoms with van der Waals surface area (Å²) < 4.78 is 27.6. The fourth-order valence-corrected chi connectivity index (χ4v) is 2.20. The molecular formula is C14H18BrF2NO. The van der Waals surface area contributed by atoms with E-state index in [0.717, 1.165) is 18.9 Å². The van der Waals surface area contributed by atoms with Crippen molar-refractivity contribution in [3.63, 3.8) is 0 Å². The summed E-state index contributed by atoms with van der Waals surface area (Å²) in [5, 5.41) is 0.581. The average molecular weight is 334 g/mol. The van der Waals surface area contributed by atoms with Gasteiger partial charge in [-0.15, -0.1) is 0 Å². The zero-order valence-electron chi connectivity index (χ0n) is 11.2. The number of rotatable bonds is 6. The summed E-state index contributed by atoms with van der Waals surface area (Å²) in [6.45, 7) is 4.47. The Morgan fingerprint density at radius 2 is 2.00 bits per heavy atom. The van der Waals surface area contributed by atoms with Crippen molar-refractivity contribution in [1.29, 1.82) is 0 Å². The topological polar surface area (TPSA) is 20.3 Å². The highest BCUT2D eigenvalue weighted by Gasteiger charge is 2.23. The van der Waals surface area contributed by atoms with Crippen LogP contribution in [0.2, 0.25) is 0 Å². The van der Waals surface area contributed by atoms with Crippen LogP contribution in [0.3, 0.4) is 0 Å². The third kappa shape index (κ3) is 4.00. The van der Waals surface area contributed by atoms with E-state index in [1.807, 2.05) is 6.92 Å². The van der Waals surface area contributed by atoms with Crippen LogP contribution in [-0.2, 0) is 0 Å². The molecule has 1 aromatic rings. The van der Waals surface area contributed by atoms with Gasteiger partial charge in [0.2, 0.25) is 0 Å². The zero-order valence-corrected chi connectivity index (χ0v) is 12.8. The average Bonchev–Trinajstić information content (AvgIpc) is 2.39. The number of unbranched alkanes of at least 4 members (excludes halogenated alkanes) is 1. The molecule has 0 radical (unpaired) electrons. The van der Waals surface area contributed by atoms with Gasteiger partial charge in [-0.3, -0.25) is 4.79 Å². The Morgan fingerprint density at radius 1 is 1.32 bits per heavy atom. The maximum atomic E-state index is 13.9. The summed E-state index contributed by atoms with van der Waals surface area (Å²) in [7, 11) is 0. The molecule has 0 saturated heterocycles. The largest absolute Gasteiger partial charge is 0.338 e. The normalized spacial score (nSPS) is 10.6. The molecule has 106 valence electrons. The molecule has 0 bridgehead atoms. The second-order valence-electron chi connectivity index (χ2n) is 4.39. The minimum absolute atomic E-state index is 0.277. The number of alkyl halides is 1. The first-order valence-electron chi connectivity index (χ1n) is 6.32. The van der Waals surface area contributed by atoms with Crippen molar-refractivity contribution in [3.05, 3.63) is 34.9 Å². The minimum Gasteiger partial charge on any atom is -0.338 e. The number of aryl methyl sites for hydroxylation is 1. The molecule has 1 rings (SSSR count). The molecule has 0 aliphatic heterocycles. The minimum atomic E-state index is -0.802. The molecule has 0 fully saturated rings. The number of hydrogen-bond donors (Lipinski definition) is 0. The maximum absolute atomic E-state index is 13.9. The van der Waals surface area contributed by atoms with Gasteiger partial charge in [-0.1, -0.05) is 35.3 Å². The predicted molar refractivity (Wildman–Crippen MR) is 75.7 cm³/mol. The van der Waals surface area contributed by atoms with Crippen molar-refractivity contribution >= 4 is 21.8 Å². The molecule has 1 aromatic carbocycles. The fourth-order valence-electron chi connectivity index (χ4n) is 1.78. The highest BCUT2D eigenvalue weighted by Crippen LogP contribution is 2.18. The van der Waals surface area contributed by atoms with E-state index in [9.17, 15) is 13.6 Å². The van der Waals surface area contributed by atoms with E-state index >= 15 is 0 Å². The van der Waals surface area contributed by atoms with Crippen LogP contribution in [0.1, 0.15) is 35.7 Å². The smallest absolute Gasteiger partial charge is 0.259 e. The van der Waals surface area contributed by atoms with Gasteiger partial charge in [-0.05, 0) is 25.0 Å². The van der Waals surface area contributed by atoms with E-state index in [1.165, 1.54) is 17.9 Å². The van der Waals surface area contributed by atoms with E-state index < -0.39 is 23.1 Å². The Balaban J connectivity index is 3.05. The second-order valence-corrected chi connectivity index (χ2v) is 5.18. The molecule has 0 atom stereocenters. The third-order valence-electron chi connectivity index (χ3n) is 2.92. The van der Waals surface area contributed by atoms with Crippen LogP contribution in [0.4, 0.5) is 8.78 Å². The number of carbonyl (C=O) groups excluding carboxylic acids is 1. The predicted octanol–water partition coefficient (Wildman–Crippen LogP) is 3.91. The first-order chi connectivity index (χ1) is 9.02. The van der Waals surface area contributed by atoms with Crippen LogP contribution in [0.25, 0.3) is 0 Å². The van der Waals surface area contributed by atoms with E-state index in [4.69, 9.17) is 0 Å². The lowest BCUT2D eigenvalue weighted by Gasteiger charge is -2.22. The lowest BCUT2D eigenvalue weighted by molar-refractivity contribution is 0.0754. The van der Waals surface area contributed by atoms with Crippen molar-refractivity contribution in [2.24, 2.45) is 0 Å². The molecule has 0 aliphatic carbocycles. The molecule has 19 heavy (non-hydrogen) atoms. The Bertz CT molecular complexity index is 451. The summed E-state index contributed by atoms with van der Waals surface area (Å²) in [5.74, 6) is -2.14. The summed E-state index contributed by atoms with van der Waals surface area (Å²) in [6, 6.07) is 2.47. The van der Waals surface area contributed by atoms with Gasteiger partial charge in [-0.2, -0.15) is 0 Å². The Morgan fingerprint density at radius 3 is 2.58 bits per heavy atom. The van der Waals surface area contributed by atoms with Gasteiger partial charge < -0.3 is 4.90 Å². The number of amides is 1. The first kappa shape index (κ1) is 16.1. The van der Waals surface area contributed by atoms with E-state index in [2.05, 4.69) is 15.9 Å². The third-order valence-corrected chi connectivity index (χ3v) is 3.28. The zero-order chi connectivity index (χ0) is 14.4. The van der Waals surface area contributed by atoms with Crippen molar-refractivity contribution in [2.75, 3.05) is 18.4 Å². The Hall–Kier alpha value is -0.970. The van der Waals surface area contributed by atoms with Gasteiger partial charge in [0.25, 0.3) is 5.91 Å². The lowest BCUT2D eigenvalue weighted by Crippen LogP contribution is -2.35. The molecule has 0 heterocycles. The molecule has 0 saturated carbocycles. The molecule has 2 nitrogen and oxygen atoms in total. The Kier molecular flexibility index (Phi) is 6.42. The van der Waals surface area contributed by atoms with E-state index in [-0.39, 0.29) is 5.56 Å². The summed E-state index contributed by atoms with van der Waals surface area (Å²) in [6.07, 6.45) is 1.73. The SMILES string of the molecule is CCCCN(CCBr)C(=O)c1c(F)ccc(C)c1F. The van der Waals surface area contributed by atoms with E-state index in [0.29, 0.717) is 18.4 Å². The van der Waals surface area contributed by atoms with Gasteiger partial charge in [-0.25, -0.2) is 8.78 Å². The van der Waals surface area contributed by atoms with Crippen molar-refractivity contribution in [3.8, 4) is 0 Å². The van der Waals surface area contributed by atoms with Crippen molar-refractivity contribution in [1.82, 2.24) is 4.90 Å². The van der Waals surface area contributed by atoms with Gasteiger partial charge in [0.1, 0.15) is 17.2 Å². The number of nitrogens with zero attached hydrogens (tertiary/aromatic N) is 1. The molecule has 5 heteroatoms. The van der Waals surface area contributed by atoms with Crippen LogP contribution < -0.4 is 0 Å². The monoisotopic (exact) mass is 333 g/mol. The molecule has 0 N–H and O–H groups in total. The summed E-state index contributed by atoms with van der Waals surface area (Å²) in [4.78, 5) is 13.7. The number of carbonyl (C=O) groups is 1. The summed E-state index contributed by atoms with van der Waals surface area (Å²) >= 11 is 3.25. The highest BCUT2D eigenvalue weighted by atomic mass is 79.9. The summed E-state index contributed by atoms with van der Waals surface area (Å²) in [5.41, 5.74) is -0.170. The fraction of sp³-hybridized carbons (Fsp3) is 0.500. The molecule has 1 amide bonds. The van der Waals surface area contributed by atoms with Crippen molar-refractivity contribution < 1.29 is 13.6 Å². The molecular weight excluding hydrogens is 316 g/mol. The second kappa shape index (κ2) is 7.58. The van der Waals surface area contributed by atoms with Gasteiger partial charge in [0, 0.05) is 18.4 Å². The number of halogens is 3. The van der Waals surface area contributed by atoms with Crippen LogP contribution in [-0.4, -0.2) is 29.2 Å². The number of benzene rings is 1. The van der Waals surface area contributed by atoms with Gasteiger partial charge in [0.15, 0.2) is 0 Å².